The summed E-state index contributed by atoms with van der Waals surface area (Å²) in [7, 11) is 2.18. The fraction of sp³-hybridized carbons (Fsp3) is 0.700. The molecule has 0 amide bonds. The molecule has 14 heavy (non-hydrogen) atoms. The van der Waals surface area contributed by atoms with Gasteiger partial charge in [-0.2, -0.15) is 0 Å². The zero-order valence-corrected chi connectivity index (χ0v) is 10.6. The van der Waals surface area contributed by atoms with Crippen molar-refractivity contribution in [1.29, 1.82) is 0 Å². The van der Waals surface area contributed by atoms with E-state index in [9.17, 15) is 0 Å². The summed E-state index contributed by atoms with van der Waals surface area (Å²) in [6.45, 7) is 3.33. The fourth-order valence-electron chi connectivity index (χ4n) is 1.91. The van der Waals surface area contributed by atoms with Crippen LogP contribution < -0.4 is 5.32 Å². The predicted octanol–water partition coefficient (Wildman–Crippen LogP) is 1.40. The summed E-state index contributed by atoms with van der Waals surface area (Å²) in [5.74, 6) is 0. The van der Waals surface area contributed by atoms with Gasteiger partial charge in [-0.25, -0.2) is 0 Å². The average molecular weight is 305 g/mol. The number of allylic oxidation sites excluding steroid dienone is 1. The SMILES string of the molecule is CN1CCNC(C2=NC=C(I)CC2)C1. The van der Waals surface area contributed by atoms with Crippen LogP contribution in [0.15, 0.2) is 14.8 Å². The summed E-state index contributed by atoms with van der Waals surface area (Å²) < 4.78 is 1.37. The molecule has 78 valence electrons. The van der Waals surface area contributed by atoms with E-state index in [0.717, 1.165) is 26.1 Å². The Hall–Kier alpha value is 0.0600. The van der Waals surface area contributed by atoms with Crippen LogP contribution in [-0.2, 0) is 0 Å². The van der Waals surface area contributed by atoms with Crippen LogP contribution in [0.4, 0.5) is 0 Å². The predicted molar refractivity (Wildman–Crippen MR) is 68.1 cm³/mol. The monoisotopic (exact) mass is 305 g/mol. The molecule has 1 fully saturated rings. The third-order valence-electron chi connectivity index (χ3n) is 2.77. The van der Waals surface area contributed by atoms with E-state index in [-0.39, 0.29) is 0 Å². The Balaban J connectivity index is 2.01. The topological polar surface area (TPSA) is 27.6 Å². The van der Waals surface area contributed by atoms with E-state index < -0.39 is 0 Å². The largest absolute Gasteiger partial charge is 0.307 e. The van der Waals surface area contributed by atoms with Gasteiger partial charge in [0.2, 0.25) is 0 Å². The van der Waals surface area contributed by atoms with Crippen LogP contribution in [0, 0.1) is 0 Å². The Bertz CT molecular complexity index is 273. The molecule has 0 radical (unpaired) electrons. The van der Waals surface area contributed by atoms with Gasteiger partial charge in [-0.3, -0.25) is 4.99 Å². The molecule has 2 rings (SSSR count). The van der Waals surface area contributed by atoms with Gasteiger partial charge in [-0.15, -0.1) is 0 Å². The lowest BCUT2D eigenvalue weighted by Crippen LogP contribution is -2.52. The van der Waals surface area contributed by atoms with E-state index in [0.29, 0.717) is 6.04 Å². The van der Waals surface area contributed by atoms with Crippen LogP contribution in [0.25, 0.3) is 0 Å². The van der Waals surface area contributed by atoms with Gasteiger partial charge in [0.15, 0.2) is 0 Å². The van der Waals surface area contributed by atoms with Crippen molar-refractivity contribution in [3.8, 4) is 0 Å². The number of nitrogens with one attached hydrogen (secondary N) is 1. The number of halogens is 1. The summed E-state index contributed by atoms with van der Waals surface area (Å²) in [5, 5.41) is 3.53. The van der Waals surface area contributed by atoms with Crippen molar-refractivity contribution < 1.29 is 0 Å². The van der Waals surface area contributed by atoms with Crippen LogP contribution in [0.2, 0.25) is 0 Å². The molecular weight excluding hydrogens is 289 g/mol. The second kappa shape index (κ2) is 4.72. The van der Waals surface area contributed by atoms with Crippen molar-refractivity contribution >= 4 is 28.3 Å². The van der Waals surface area contributed by atoms with Crippen LogP contribution in [-0.4, -0.2) is 43.3 Å². The highest BCUT2D eigenvalue weighted by atomic mass is 127. The van der Waals surface area contributed by atoms with Gasteiger partial charge < -0.3 is 10.2 Å². The summed E-state index contributed by atoms with van der Waals surface area (Å²) in [6.07, 6.45) is 4.30. The number of piperazine rings is 1. The van der Waals surface area contributed by atoms with Gasteiger partial charge >= 0.3 is 0 Å². The molecular formula is C10H16IN3. The molecule has 1 saturated heterocycles. The minimum absolute atomic E-state index is 0.481. The van der Waals surface area contributed by atoms with Crippen LogP contribution >= 0.6 is 22.6 Å². The molecule has 0 aromatic carbocycles. The molecule has 0 spiro atoms. The number of hydrogen-bond acceptors (Lipinski definition) is 3. The molecule has 1 N–H and O–H groups in total. The number of likely N-dealkylation sites (N-methyl/N-ethyl adjacent to an activating group) is 1. The van der Waals surface area contributed by atoms with Crippen molar-refractivity contribution in [2.75, 3.05) is 26.7 Å². The molecule has 1 unspecified atom stereocenters. The third kappa shape index (κ3) is 2.55. The molecule has 3 nitrogen and oxygen atoms in total. The molecule has 0 aromatic heterocycles. The number of rotatable bonds is 1. The zero-order chi connectivity index (χ0) is 9.97. The minimum Gasteiger partial charge on any atom is -0.307 e. The Morgan fingerprint density at radius 2 is 2.43 bits per heavy atom. The Kier molecular flexibility index (Phi) is 3.57. The molecule has 4 heteroatoms. The molecule has 2 aliphatic heterocycles. The fourth-order valence-corrected chi connectivity index (χ4v) is 2.32. The van der Waals surface area contributed by atoms with E-state index in [1.54, 1.807) is 0 Å². The first-order valence-corrected chi connectivity index (χ1v) is 6.16. The Morgan fingerprint density at radius 3 is 3.07 bits per heavy atom. The summed E-state index contributed by atoms with van der Waals surface area (Å²) in [4.78, 5) is 6.89. The summed E-state index contributed by atoms with van der Waals surface area (Å²) in [6, 6.07) is 0.481. The molecule has 2 aliphatic rings. The standard InChI is InChI=1S/C10H16IN3/c1-14-5-4-12-10(7-14)9-3-2-8(11)6-13-9/h6,10,12H,2-5,7H2,1H3. The number of hydrogen-bond donors (Lipinski definition) is 1. The maximum Gasteiger partial charge on any atom is 0.0584 e. The van der Waals surface area contributed by atoms with E-state index >= 15 is 0 Å². The van der Waals surface area contributed by atoms with Crippen molar-refractivity contribution in [1.82, 2.24) is 10.2 Å². The smallest absolute Gasteiger partial charge is 0.0584 e. The van der Waals surface area contributed by atoms with Gasteiger partial charge in [0.05, 0.1) is 6.04 Å². The van der Waals surface area contributed by atoms with E-state index in [1.165, 1.54) is 15.7 Å². The second-order valence-electron chi connectivity index (χ2n) is 3.97. The van der Waals surface area contributed by atoms with E-state index in [4.69, 9.17) is 0 Å². The third-order valence-corrected chi connectivity index (χ3v) is 3.59. The van der Waals surface area contributed by atoms with Gasteiger partial charge in [0.25, 0.3) is 0 Å². The number of nitrogens with zero attached hydrogens (tertiary/aromatic N) is 2. The average Bonchev–Trinajstić information content (AvgIpc) is 2.19. The lowest BCUT2D eigenvalue weighted by molar-refractivity contribution is 0.268. The highest BCUT2D eigenvalue weighted by Gasteiger charge is 2.22. The van der Waals surface area contributed by atoms with Crippen molar-refractivity contribution in [3.05, 3.63) is 9.78 Å². The molecule has 0 aromatic rings. The van der Waals surface area contributed by atoms with Crippen molar-refractivity contribution in [3.63, 3.8) is 0 Å². The van der Waals surface area contributed by atoms with E-state index in [1.807, 2.05) is 6.20 Å². The molecule has 1 atom stereocenters. The van der Waals surface area contributed by atoms with Crippen molar-refractivity contribution in [2.24, 2.45) is 4.99 Å². The Morgan fingerprint density at radius 1 is 1.57 bits per heavy atom. The lowest BCUT2D eigenvalue weighted by atomic mass is 10.0. The van der Waals surface area contributed by atoms with Gasteiger partial charge in [-0.05, 0) is 42.5 Å². The van der Waals surface area contributed by atoms with Crippen molar-refractivity contribution in [2.45, 2.75) is 18.9 Å². The molecule has 0 bridgehead atoms. The second-order valence-corrected chi connectivity index (χ2v) is 5.35. The van der Waals surface area contributed by atoms with Gasteiger partial charge in [-0.1, -0.05) is 0 Å². The molecule has 0 saturated carbocycles. The maximum absolute atomic E-state index is 4.53. The van der Waals surface area contributed by atoms with E-state index in [2.05, 4.69) is 44.8 Å². The maximum atomic E-state index is 4.53. The number of aliphatic imine (C=N–C) groups is 1. The summed E-state index contributed by atoms with van der Waals surface area (Å²) >= 11 is 2.36. The van der Waals surface area contributed by atoms with Crippen LogP contribution in [0.5, 0.6) is 0 Å². The minimum atomic E-state index is 0.481. The Labute approximate surface area is 98.8 Å². The highest BCUT2D eigenvalue weighted by Crippen LogP contribution is 2.20. The highest BCUT2D eigenvalue weighted by molar-refractivity contribution is 14.1. The first kappa shape index (κ1) is 10.6. The first-order valence-electron chi connectivity index (χ1n) is 5.09. The van der Waals surface area contributed by atoms with Gasteiger partial charge in [0, 0.05) is 35.1 Å². The first-order chi connectivity index (χ1) is 6.75. The van der Waals surface area contributed by atoms with Gasteiger partial charge in [0.1, 0.15) is 0 Å². The van der Waals surface area contributed by atoms with Crippen LogP contribution in [0.1, 0.15) is 12.8 Å². The quantitative estimate of drug-likeness (QED) is 0.742. The lowest BCUT2D eigenvalue weighted by Gasteiger charge is -2.32. The zero-order valence-electron chi connectivity index (χ0n) is 8.46. The molecule has 0 aliphatic carbocycles. The molecule has 2 heterocycles. The normalized spacial score (nSPS) is 29.7. The summed E-state index contributed by atoms with van der Waals surface area (Å²) in [5.41, 5.74) is 1.33. The van der Waals surface area contributed by atoms with Crippen LogP contribution in [0.3, 0.4) is 0 Å².